The van der Waals surface area contributed by atoms with Crippen LogP contribution in [0.4, 0.5) is 0 Å². The summed E-state index contributed by atoms with van der Waals surface area (Å²) >= 11 is 0. The normalized spacial score (nSPS) is 12.1. The quantitative estimate of drug-likeness (QED) is 0.0261. The number of allylic oxidation sites excluding steroid dienone is 4. The predicted molar refractivity (Wildman–Crippen MR) is 312 cm³/mol. The van der Waals surface area contributed by atoms with Gasteiger partial charge in [0.05, 0.1) is 0 Å². The highest BCUT2D eigenvalue weighted by molar-refractivity contribution is 5.71. The molecule has 0 aliphatic heterocycles. The van der Waals surface area contributed by atoms with Gasteiger partial charge in [-0.05, 0) is 51.4 Å². The van der Waals surface area contributed by atoms with Crippen LogP contribution in [0.2, 0.25) is 0 Å². The lowest BCUT2D eigenvalue weighted by molar-refractivity contribution is -0.167. The van der Waals surface area contributed by atoms with E-state index < -0.39 is 6.10 Å². The molecule has 72 heavy (non-hydrogen) atoms. The van der Waals surface area contributed by atoms with E-state index in [2.05, 4.69) is 45.1 Å². The zero-order valence-corrected chi connectivity index (χ0v) is 48.7. The Hall–Kier alpha value is -2.11. The van der Waals surface area contributed by atoms with Crippen molar-refractivity contribution in [2.75, 3.05) is 13.2 Å². The van der Waals surface area contributed by atoms with Crippen molar-refractivity contribution in [2.24, 2.45) is 0 Å². The van der Waals surface area contributed by atoms with Gasteiger partial charge in [-0.1, -0.05) is 315 Å². The van der Waals surface area contributed by atoms with Gasteiger partial charge in [-0.15, -0.1) is 0 Å². The third-order valence-electron chi connectivity index (χ3n) is 14.7. The van der Waals surface area contributed by atoms with E-state index in [0.29, 0.717) is 19.3 Å². The topological polar surface area (TPSA) is 78.9 Å². The largest absolute Gasteiger partial charge is 0.462 e. The molecule has 1 atom stereocenters. The van der Waals surface area contributed by atoms with E-state index in [-0.39, 0.29) is 31.1 Å². The fourth-order valence-electron chi connectivity index (χ4n) is 9.83. The maximum Gasteiger partial charge on any atom is 0.306 e. The molecular formula is C66H124O6. The molecule has 424 valence electrons. The highest BCUT2D eigenvalue weighted by Gasteiger charge is 2.19. The Kier molecular flexibility index (Phi) is 59.6. The predicted octanol–water partition coefficient (Wildman–Crippen LogP) is 21.8. The van der Waals surface area contributed by atoms with Crippen molar-refractivity contribution in [1.29, 1.82) is 0 Å². The number of ether oxygens (including phenoxy) is 3. The second kappa shape index (κ2) is 61.4. The van der Waals surface area contributed by atoms with E-state index in [0.717, 1.165) is 70.6 Å². The Morgan fingerprint density at radius 2 is 0.500 bits per heavy atom. The molecule has 0 radical (unpaired) electrons. The standard InChI is InChI=1S/C66H124O6/c1-4-7-10-13-16-19-21-23-25-27-29-30-31-32-33-34-35-36-37-39-40-42-44-47-50-53-56-59-65(68)71-62-63(61-70-64(67)58-55-52-49-46-18-15-12-9-6-3)72-66(69)60-57-54-51-48-45-43-41-38-28-26-24-22-20-17-14-11-8-5-2/h20,22,26,28,63H,4-19,21,23-25,27,29-62H2,1-3H3/b22-20-,28-26-. The molecule has 0 amide bonds. The molecule has 0 rings (SSSR count). The van der Waals surface area contributed by atoms with Crippen LogP contribution in [0, 0.1) is 0 Å². The molecule has 0 aromatic rings. The summed E-state index contributed by atoms with van der Waals surface area (Å²) in [7, 11) is 0. The third kappa shape index (κ3) is 58.8. The van der Waals surface area contributed by atoms with Crippen molar-refractivity contribution in [3.05, 3.63) is 24.3 Å². The molecule has 0 aromatic carbocycles. The molecule has 0 N–H and O–H groups in total. The minimum Gasteiger partial charge on any atom is -0.462 e. The van der Waals surface area contributed by atoms with E-state index >= 15 is 0 Å². The molecule has 6 heteroatoms. The first-order valence-corrected chi connectivity index (χ1v) is 32.3. The second-order valence-electron chi connectivity index (χ2n) is 22.0. The molecule has 6 nitrogen and oxygen atoms in total. The lowest BCUT2D eigenvalue weighted by Crippen LogP contribution is -2.30. The van der Waals surface area contributed by atoms with Crippen LogP contribution in [-0.2, 0) is 28.6 Å². The van der Waals surface area contributed by atoms with Gasteiger partial charge >= 0.3 is 17.9 Å². The summed E-state index contributed by atoms with van der Waals surface area (Å²) in [5.74, 6) is -0.856. The maximum atomic E-state index is 12.9. The summed E-state index contributed by atoms with van der Waals surface area (Å²) in [4.78, 5) is 38.1. The molecule has 0 fully saturated rings. The van der Waals surface area contributed by atoms with Crippen molar-refractivity contribution in [3.63, 3.8) is 0 Å². The minimum atomic E-state index is -0.770. The van der Waals surface area contributed by atoms with Gasteiger partial charge in [0.1, 0.15) is 13.2 Å². The number of carbonyl (C=O) groups excluding carboxylic acids is 3. The lowest BCUT2D eigenvalue weighted by atomic mass is 10.0. The second-order valence-corrected chi connectivity index (χ2v) is 22.0. The molecule has 1 unspecified atom stereocenters. The Morgan fingerprint density at radius 3 is 0.778 bits per heavy atom. The first-order chi connectivity index (χ1) is 35.5. The SMILES string of the molecule is CCCCCC/C=C\C/C=C\CCCCCCCCCC(=O)OC(COC(=O)CCCCCCCCCCC)COC(=O)CCCCCCCCCCCCCCCCCCCCCCCCCCCCC. The number of hydrogen-bond donors (Lipinski definition) is 0. The molecule has 0 aromatic heterocycles. The Labute approximate surface area is 449 Å². The van der Waals surface area contributed by atoms with Gasteiger partial charge in [0.2, 0.25) is 0 Å². The van der Waals surface area contributed by atoms with E-state index in [9.17, 15) is 14.4 Å². The van der Waals surface area contributed by atoms with Gasteiger partial charge in [0.15, 0.2) is 6.10 Å². The van der Waals surface area contributed by atoms with Crippen molar-refractivity contribution < 1.29 is 28.6 Å². The molecule has 0 saturated heterocycles. The van der Waals surface area contributed by atoms with E-state index in [1.165, 1.54) is 250 Å². The van der Waals surface area contributed by atoms with Crippen LogP contribution < -0.4 is 0 Å². The highest BCUT2D eigenvalue weighted by Crippen LogP contribution is 2.18. The fourth-order valence-corrected chi connectivity index (χ4v) is 9.83. The van der Waals surface area contributed by atoms with Gasteiger partial charge in [-0.3, -0.25) is 14.4 Å². The molecule has 0 saturated carbocycles. The number of hydrogen-bond acceptors (Lipinski definition) is 6. The zero-order valence-electron chi connectivity index (χ0n) is 48.7. The first-order valence-electron chi connectivity index (χ1n) is 32.3. The molecule has 0 spiro atoms. The average Bonchev–Trinajstić information content (AvgIpc) is 3.38. The van der Waals surface area contributed by atoms with Crippen LogP contribution >= 0.6 is 0 Å². The molecule has 0 aliphatic rings. The molecule has 0 bridgehead atoms. The van der Waals surface area contributed by atoms with Crippen LogP contribution in [-0.4, -0.2) is 37.2 Å². The molecule has 0 aliphatic carbocycles. The van der Waals surface area contributed by atoms with Crippen LogP contribution in [0.3, 0.4) is 0 Å². The number of esters is 3. The van der Waals surface area contributed by atoms with Crippen molar-refractivity contribution in [1.82, 2.24) is 0 Å². The monoisotopic (exact) mass is 1010 g/mol. The fraction of sp³-hybridized carbons (Fsp3) is 0.894. The summed E-state index contributed by atoms with van der Waals surface area (Å²) in [6.07, 6.45) is 73.5. The third-order valence-corrected chi connectivity index (χ3v) is 14.7. The molecular weight excluding hydrogens is 889 g/mol. The first kappa shape index (κ1) is 69.9. The smallest absolute Gasteiger partial charge is 0.306 e. The van der Waals surface area contributed by atoms with E-state index in [4.69, 9.17) is 14.2 Å². The van der Waals surface area contributed by atoms with Crippen LogP contribution in [0.25, 0.3) is 0 Å². The van der Waals surface area contributed by atoms with Gasteiger partial charge in [-0.25, -0.2) is 0 Å². The summed E-state index contributed by atoms with van der Waals surface area (Å²) in [5.41, 5.74) is 0. The minimum absolute atomic E-state index is 0.0690. The van der Waals surface area contributed by atoms with Gasteiger partial charge in [-0.2, -0.15) is 0 Å². The summed E-state index contributed by atoms with van der Waals surface area (Å²) in [6.45, 7) is 6.66. The van der Waals surface area contributed by atoms with Gasteiger partial charge < -0.3 is 14.2 Å². The van der Waals surface area contributed by atoms with E-state index in [1.807, 2.05) is 0 Å². The summed E-state index contributed by atoms with van der Waals surface area (Å²) in [5, 5.41) is 0. The Balaban J connectivity index is 4.11. The van der Waals surface area contributed by atoms with Gasteiger partial charge in [0, 0.05) is 19.3 Å². The average molecular weight is 1010 g/mol. The van der Waals surface area contributed by atoms with Crippen LogP contribution in [0.15, 0.2) is 24.3 Å². The van der Waals surface area contributed by atoms with Crippen LogP contribution in [0.5, 0.6) is 0 Å². The maximum absolute atomic E-state index is 12.9. The van der Waals surface area contributed by atoms with Crippen molar-refractivity contribution in [3.8, 4) is 0 Å². The zero-order chi connectivity index (χ0) is 52.2. The lowest BCUT2D eigenvalue weighted by Gasteiger charge is -2.18. The van der Waals surface area contributed by atoms with Crippen molar-refractivity contribution in [2.45, 2.75) is 367 Å². The van der Waals surface area contributed by atoms with E-state index in [1.54, 1.807) is 0 Å². The molecule has 0 heterocycles. The van der Waals surface area contributed by atoms with Gasteiger partial charge in [0.25, 0.3) is 0 Å². The highest BCUT2D eigenvalue weighted by atomic mass is 16.6. The Bertz CT molecular complexity index is 1160. The van der Waals surface area contributed by atoms with Crippen LogP contribution in [0.1, 0.15) is 361 Å². The summed E-state index contributed by atoms with van der Waals surface area (Å²) in [6, 6.07) is 0. The number of unbranched alkanes of at least 4 members (excludes halogenated alkanes) is 45. The number of rotatable bonds is 60. The number of carbonyl (C=O) groups is 3. The Morgan fingerprint density at radius 1 is 0.278 bits per heavy atom. The van der Waals surface area contributed by atoms with Crippen molar-refractivity contribution >= 4 is 17.9 Å². The summed E-state index contributed by atoms with van der Waals surface area (Å²) < 4.78 is 16.9.